The maximum atomic E-state index is 11.5. The quantitative estimate of drug-likeness (QED) is 0.317. The van der Waals surface area contributed by atoms with Crippen molar-refractivity contribution in [1.82, 2.24) is 4.90 Å². The van der Waals surface area contributed by atoms with Gasteiger partial charge in [0.1, 0.15) is 0 Å². The van der Waals surface area contributed by atoms with Crippen molar-refractivity contribution in [3.63, 3.8) is 0 Å². The molecule has 0 N–H and O–H groups in total. The Balaban J connectivity index is 1.96. The topological polar surface area (TPSA) is 65.1 Å². The van der Waals surface area contributed by atoms with Crippen LogP contribution >= 0.6 is 0 Å². The summed E-state index contributed by atoms with van der Waals surface area (Å²) in [7, 11) is 0. The van der Waals surface area contributed by atoms with E-state index in [4.69, 9.17) is 14.2 Å². The molecule has 1 heterocycles. The molecule has 0 aromatic carbocycles. The molecule has 0 radical (unpaired) electrons. The van der Waals surface area contributed by atoms with Crippen molar-refractivity contribution < 1.29 is 23.8 Å². The van der Waals surface area contributed by atoms with E-state index >= 15 is 0 Å². The van der Waals surface area contributed by atoms with Gasteiger partial charge in [-0.05, 0) is 31.2 Å². The molecular weight excluding hydrogens is 334 g/mol. The molecule has 150 valence electrons. The zero-order valence-electron chi connectivity index (χ0n) is 16.6. The minimum Gasteiger partial charge on any atom is -0.463 e. The number of morpholine rings is 1. The van der Waals surface area contributed by atoms with Gasteiger partial charge in [0.05, 0.1) is 26.4 Å². The first-order chi connectivity index (χ1) is 12.4. The fourth-order valence-electron chi connectivity index (χ4n) is 2.48. The number of hydrogen-bond acceptors (Lipinski definition) is 6. The first-order valence-corrected chi connectivity index (χ1v) is 9.68. The van der Waals surface area contributed by atoms with E-state index in [9.17, 15) is 9.59 Å². The second-order valence-corrected chi connectivity index (χ2v) is 7.85. The number of ether oxygens (including phenoxy) is 3. The fourth-order valence-corrected chi connectivity index (χ4v) is 2.48. The van der Waals surface area contributed by atoms with Crippen LogP contribution in [0.1, 0.15) is 52.9 Å². The Hall–Kier alpha value is -1.40. The van der Waals surface area contributed by atoms with Gasteiger partial charge < -0.3 is 14.2 Å². The molecule has 0 unspecified atom stereocenters. The van der Waals surface area contributed by atoms with Gasteiger partial charge in [-0.3, -0.25) is 4.90 Å². The summed E-state index contributed by atoms with van der Waals surface area (Å²) in [6.45, 7) is 11.8. The van der Waals surface area contributed by atoms with Gasteiger partial charge in [-0.1, -0.05) is 33.6 Å². The van der Waals surface area contributed by atoms with Gasteiger partial charge >= 0.3 is 11.9 Å². The molecule has 1 aliphatic rings. The van der Waals surface area contributed by atoms with Crippen LogP contribution in [0.15, 0.2) is 12.2 Å². The lowest BCUT2D eigenvalue weighted by atomic mass is 9.93. The highest BCUT2D eigenvalue weighted by atomic mass is 16.5. The molecule has 0 saturated carbocycles. The van der Waals surface area contributed by atoms with Crippen LogP contribution in [0.4, 0.5) is 0 Å². The molecule has 26 heavy (non-hydrogen) atoms. The van der Waals surface area contributed by atoms with Crippen molar-refractivity contribution in [3.8, 4) is 0 Å². The highest BCUT2D eigenvalue weighted by Crippen LogP contribution is 2.17. The van der Waals surface area contributed by atoms with Crippen LogP contribution in [0.3, 0.4) is 0 Å². The van der Waals surface area contributed by atoms with Crippen LogP contribution in [0, 0.1) is 5.41 Å². The smallest absolute Gasteiger partial charge is 0.331 e. The Kier molecular flexibility index (Phi) is 11.2. The standard InChI is InChI=1S/C20H35NO5/c1-20(2,3)10-15-26-19(23)9-8-18(22)25-14-7-5-4-6-11-21-12-16-24-17-13-21/h8-9H,4-7,10-17H2,1-3H3/b9-8+. The van der Waals surface area contributed by atoms with Gasteiger partial charge in [0.2, 0.25) is 0 Å². The molecule has 1 aliphatic heterocycles. The van der Waals surface area contributed by atoms with Gasteiger partial charge in [-0.25, -0.2) is 9.59 Å². The van der Waals surface area contributed by atoms with Gasteiger partial charge in [-0.2, -0.15) is 0 Å². The van der Waals surface area contributed by atoms with E-state index in [1.165, 1.54) is 0 Å². The molecule has 0 bridgehead atoms. The maximum Gasteiger partial charge on any atom is 0.331 e. The molecule has 0 spiro atoms. The first kappa shape index (κ1) is 22.6. The van der Waals surface area contributed by atoms with Crippen LogP contribution < -0.4 is 0 Å². The fraction of sp³-hybridized carbons (Fsp3) is 0.800. The molecule has 0 aliphatic carbocycles. The first-order valence-electron chi connectivity index (χ1n) is 9.68. The lowest BCUT2D eigenvalue weighted by Gasteiger charge is -2.26. The summed E-state index contributed by atoms with van der Waals surface area (Å²) in [5, 5.41) is 0. The average molecular weight is 370 g/mol. The summed E-state index contributed by atoms with van der Waals surface area (Å²) >= 11 is 0. The Labute approximate surface area is 157 Å². The maximum absolute atomic E-state index is 11.5. The van der Waals surface area contributed by atoms with Crippen LogP contribution in [0.5, 0.6) is 0 Å². The monoisotopic (exact) mass is 369 g/mol. The highest BCUT2D eigenvalue weighted by Gasteiger charge is 2.11. The number of carbonyl (C=O) groups excluding carboxylic acids is 2. The normalized spacial score (nSPS) is 16.0. The van der Waals surface area contributed by atoms with Gasteiger partial charge in [0.25, 0.3) is 0 Å². The van der Waals surface area contributed by atoms with Crippen LogP contribution in [-0.4, -0.2) is 62.9 Å². The number of hydrogen-bond donors (Lipinski definition) is 0. The molecule has 1 fully saturated rings. The summed E-state index contributed by atoms with van der Waals surface area (Å²) in [5.41, 5.74) is 0.116. The van der Waals surface area contributed by atoms with Crippen molar-refractivity contribution in [2.75, 3.05) is 46.1 Å². The van der Waals surface area contributed by atoms with Crippen molar-refractivity contribution in [2.24, 2.45) is 5.41 Å². The summed E-state index contributed by atoms with van der Waals surface area (Å²) in [6, 6.07) is 0. The molecular formula is C20H35NO5. The highest BCUT2D eigenvalue weighted by molar-refractivity contribution is 5.91. The lowest BCUT2D eigenvalue weighted by molar-refractivity contribution is -0.140. The van der Waals surface area contributed by atoms with Crippen LogP contribution in [0.2, 0.25) is 0 Å². The van der Waals surface area contributed by atoms with Crippen molar-refractivity contribution in [1.29, 1.82) is 0 Å². The zero-order chi connectivity index (χ0) is 19.3. The molecule has 0 amide bonds. The molecule has 6 heteroatoms. The van der Waals surface area contributed by atoms with E-state index in [-0.39, 0.29) is 5.41 Å². The number of esters is 2. The Morgan fingerprint density at radius 1 is 0.923 bits per heavy atom. The molecule has 1 rings (SSSR count). The number of unbranched alkanes of at least 4 members (excludes halogenated alkanes) is 3. The molecule has 6 nitrogen and oxygen atoms in total. The van der Waals surface area contributed by atoms with Crippen molar-refractivity contribution in [3.05, 3.63) is 12.2 Å². The van der Waals surface area contributed by atoms with Crippen molar-refractivity contribution in [2.45, 2.75) is 52.9 Å². The predicted molar refractivity (Wildman–Crippen MR) is 101 cm³/mol. The molecule has 0 atom stereocenters. The third kappa shape index (κ3) is 12.9. The number of rotatable bonds is 11. The van der Waals surface area contributed by atoms with E-state index in [0.29, 0.717) is 13.2 Å². The third-order valence-corrected chi connectivity index (χ3v) is 4.17. The summed E-state index contributed by atoms with van der Waals surface area (Å²) in [6.07, 6.45) is 7.22. The van der Waals surface area contributed by atoms with Crippen LogP contribution in [-0.2, 0) is 23.8 Å². The Bertz CT molecular complexity index is 436. The third-order valence-electron chi connectivity index (χ3n) is 4.17. The second-order valence-electron chi connectivity index (χ2n) is 7.85. The predicted octanol–water partition coefficient (Wildman–Crippen LogP) is 2.96. The number of nitrogens with zero attached hydrogens (tertiary/aromatic N) is 1. The van der Waals surface area contributed by atoms with Gasteiger partial charge in [0.15, 0.2) is 0 Å². The molecule has 1 saturated heterocycles. The van der Waals surface area contributed by atoms with E-state index in [0.717, 1.165) is 77.1 Å². The Morgan fingerprint density at radius 2 is 1.50 bits per heavy atom. The lowest BCUT2D eigenvalue weighted by Crippen LogP contribution is -2.36. The minimum absolute atomic E-state index is 0.116. The van der Waals surface area contributed by atoms with Gasteiger partial charge in [0, 0.05) is 25.2 Å². The minimum atomic E-state index is -0.505. The largest absolute Gasteiger partial charge is 0.463 e. The van der Waals surface area contributed by atoms with Crippen molar-refractivity contribution >= 4 is 11.9 Å². The molecule has 0 aromatic heterocycles. The number of carbonyl (C=O) groups is 2. The summed E-state index contributed by atoms with van der Waals surface area (Å²) in [5.74, 6) is -1.000. The average Bonchev–Trinajstić information content (AvgIpc) is 2.59. The summed E-state index contributed by atoms with van der Waals surface area (Å²) < 4.78 is 15.5. The van der Waals surface area contributed by atoms with Crippen LogP contribution in [0.25, 0.3) is 0 Å². The van der Waals surface area contributed by atoms with Gasteiger partial charge in [-0.15, -0.1) is 0 Å². The Morgan fingerprint density at radius 3 is 2.12 bits per heavy atom. The van der Waals surface area contributed by atoms with E-state index in [2.05, 4.69) is 25.7 Å². The van der Waals surface area contributed by atoms with E-state index < -0.39 is 11.9 Å². The zero-order valence-corrected chi connectivity index (χ0v) is 16.6. The second kappa shape index (κ2) is 12.9. The van der Waals surface area contributed by atoms with E-state index in [1.54, 1.807) is 0 Å². The van der Waals surface area contributed by atoms with E-state index in [1.807, 2.05) is 0 Å². The molecule has 0 aromatic rings. The summed E-state index contributed by atoms with van der Waals surface area (Å²) in [4.78, 5) is 25.4. The SMILES string of the molecule is CC(C)(C)CCOC(=O)/C=C/C(=O)OCCCCCCN1CCOCC1.